The molecule has 3 rings (SSSR count). The van der Waals surface area contributed by atoms with Crippen LogP contribution < -0.4 is 10.0 Å². The lowest BCUT2D eigenvalue weighted by Gasteiger charge is -2.16. The Morgan fingerprint density at radius 3 is 2.43 bits per heavy atom. The number of rotatable bonds is 5. The Morgan fingerprint density at radius 2 is 1.75 bits per heavy atom. The lowest BCUT2D eigenvalue weighted by molar-refractivity contribution is -0.139. The molecule has 0 bridgehead atoms. The third-order valence-corrected chi connectivity index (χ3v) is 5.44. The molecule has 148 valence electrons. The number of fused-ring (bicyclic) bond motifs is 1. The summed E-state index contributed by atoms with van der Waals surface area (Å²) in [6.07, 6.45) is -4.86. The number of alkyl halides is 3. The number of sulfonamides is 1. The molecule has 3 aromatic rings. The summed E-state index contributed by atoms with van der Waals surface area (Å²) in [4.78, 5) is 18.3. The lowest BCUT2D eigenvalue weighted by atomic mass is 10.2. The fourth-order valence-corrected chi connectivity index (χ4v) is 3.95. The van der Waals surface area contributed by atoms with E-state index in [1.165, 1.54) is 13.0 Å². The topological polar surface area (TPSA) is 104 Å². The van der Waals surface area contributed by atoms with E-state index in [0.29, 0.717) is 17.1 Å². The van der Waals surface area contributed by atoms with Crippen molar-refractivity contribution in [1.29, 1.82) is 0 Å². The van der Waals surface area contributed by atoms with Crippen molar-refractivity contribution < 1.29 is 26.4 Å². The average molecular weight is 412 g/mol. The molecular weight excluding hydrogens is 397 g/mol. The minimum absolute atomic E-state index is 0.0907. The lowest BCUT2D eigenvalue weighted by Crippen LogP contribution is -2.42. The van der Waals surface area contributed by atoms with E-state index in [1.807, 2.05) is 4.72 Å². The van der Waals surface area contributed by atoms with Crippen molar-refractivity contribution in [2.24, 2.45) is 0 Å². The maximum absolute atomic E-state index is 13.1. The highest BCUT2D eigenvalue weighted by Gasteiger charge is 2.37. The van der Waals surface area contributed by atoms with Crippen LogP contribution in [0.2, 0.25) is 0 Å². The summed E-state index contributed by atoms with van der Waals surface area (Å²) in [5.74, 6) is -0.694. The molecule has 0 spiro atoms. The van der Waals surface area contributed by atoms with E-state index in [0.717, 1.165) is 12.1 Å². The molecule has 0 aliphatic heterocycles. The first-order chi connectivity index (χ1) is 13.1. The number of aromatic nitrogens is 2. The molecule has 28 heavy (non-hydrogen) atoms. The van der Waals surface area contributed by atoms with Crippen molar-refractivity contribution in [3.05, 3.63) is 54.1 Å². The van der Waals surface area contributed by atoms with Gasteiger partial charge in [-0.15, -0.1) is 0 Å². The number of benzene rings is 2. The Hall–Kier alpha value is -2.92. The standard InChI is InChI=1S/C17H15F3N4O3S/c1-10(15(25)23-16-21-12-7-3-4-8-13(12)22-16)24-28(26,27)14-9-5-2-6-11(14)17(18,19)20/h2-10,24H,1H3,(H2,21,22,23,25). The first kappa shape index (κ1) is 19.8. The highest BCUT2D eigenvalue weighted by Crippen LogP contribution is 2.33. The number of nitrogens with one attached hydrogen (secondary N) is 3. The van der Waals surface area contributed by atoms with Crippen molar-refractivity contribution in [2.45, 2.75) is 24.0 Å². The summed E-state index contributed by atoms with van der Waals surface area (Å²) in [7, 11) is -4.60. The van der Waals surface area contributed by atoms with Crippen LogP contribution in [0.15, 0.2) is 53.4 Å². The van der Waals surface area contributed by atoms with Gasteiger partial charge in [-0.1, -0.05) is 24.3 Å². The molecule has 0 aliphatic carbocycles. The number of carbonyl (C=O) groups excluding carboxylic acids is 1. The molecule has 0 saturated heterocycles. The number of hydrogen-bond acceptors (Lipinski definition) is 4. The molecule has 2 aromatic carbocycles. The van der Waals surface area contributed by atoms with Gasteiger partial charge in [0.15, 0.2) is 0 Å². The number of aromatic amines is 1. The minimum Gasteiger partial charge on any atom is -0.324 e. The van der Waals surface area contributed by atoms with E-state index < -0.39 is 38.6 Å². The van der Waals surface area contributed by atoms with Gasteiger partial charge < -0.3 is 4.98 Å². The summed E-state index contributed by atoms with van der Waals surface area (Å²) >= 11 is 0. The predicted molar refractivity (Wildman–Crippen MR) is 96.0 cm³/mol. The zero-order valence-electron chi connectivity index (χ0n) is 14.4. The molecule has 0 aliphatic rings. The molecule has 1 heterocycles. The average Bonchev–Trinajstić information content (AvgIpc) is 3.02. The van der Waals surface area contributed by atoms with Crippen molar-refractivity contribution in [3.63, 3.8) is 0 Å². The summed E-state index contributed by atoms with van der Waals surface area (Å²) in [5, 5.41) is 2.40. The summed E-state index contributed by atoms with van der Waals surface area (Å²) in [5.41, 5.74) is -0.0670. The number of H-pyrrole nitrogens is 1. The van der Waals surface area contributed by atoms with Crippen LogP contribution in [0.5, 0.6) is 0 Å². The Balaban J connectivity index is 1.78. The number of imidazole rings is 1. The second-order valence-corrected chi connectivity index (χ2v) is 7.61. The quantitative estimate of drug-likeness (QED) is 0.599. The van der Waals surface area contributed by atoms with E-state index in [9.17, 15) is 26.4 Å². The smallest absolute Gasteiger partial charge is 0.324 e. The molecular formula is C17H15F3N4O3S. The Kier molecular flexibility index (Phi) is 5.13. The van der Waals surface area contributed by atoms with Gasteiger partial charge in [-0.2, -0.15) is 17.9 Å². The third kappa shape index (κ3) is 4.15. The molecule has 1 atom stereocenters. The van der Waals surface area contributed by atoms with Crippen LogP contribution in [0.4, 0.5) is 19.1 Å². The van der Waals surface area contributed by atoms with Crippen LogP contribution in [0, 0.1) is 0 Å². The Bertz CT molecular complexity index is 1090. The zero-order valence-corrected chi connectivity index (χ0v) is 15.2. The van der Waals surface area contributed by atoms with Crippen LogP contribution in [0.1, 0.15) is 12.5 Å². The van der Waals surface area contributed by atoms with Crippen LogP contribution in [0.25, 0.3) is 11.0 Å². The Morgan fingerprint density at radius 1 is 1.11 bits per heavy atom. The zero-order chi connectivity index (χ0) is 20.5. The highest BCUT2D eigenvalue weighted by atomic mass is 32.2. The second-order valence-electron chi connectivity index (χ2n) is 5.93. The van der Waals surface area contributed by atoms with Gasteiger partial charge in [0.1, 0.15) is 0 Å². The molecule has 11 heteroatoms. The van der Waals surface area contributed by atoms with Gasteiger partial charge in [-0.05, 0) is 31.2 Å². The van der Waals surface area contributed by atoms with Gasteiger partial charge in [0.05, 0.1) is 27.5 Å². The summed E-state index contributed by atoms with van der Waals surface area (Å²) < 4.78 is 66.0. The van der Waals surface area contributed by atoms with Gasteiger partial charge in [0, 0.05) is 0 Å². The number of hydrogen-bond donors (Lipinski definition) is 3. The van der Waals surface area contributed by atoms with Crippen molar-refractivity contribution in [2.75, 3.05) is 5.32 Å². The van der Waals surface area contributed by atoms with E-state index >= 15 is 0 Å². The monoisotopic (exact) mass is 412 g/mol. The van der Waals surface area contributed by atoms with Crippen LogP contribution in [-0.2, 0) is 21.0 Å². The molecule has 1 aromatic heterocycles. The van der Waals surface area contributed by atoms with E-state index in [-0.39, 0.29) is 5.95 Å². The molecule has 1 unspecified atom stereocenters. The van der Waals surface area contributed by atoms with E-state index in [1.54, 1.807) is 24.3 Å². The first-order valence-corrected chi connectivity index (χ1v) is 9.50. The molecule has 3 N–H and O–H groups in total. The molecule has 0 radical (unpaired) electrons. The number of carbonyl (C=O) groups is 1. The number of amides is 1. The fourth-order valence-electron chi connectivity index (χ4n) is 2.52. The maximum atomic E-state index is 13.1. The fraction of sp³-hybridized carbons (Fsp3) is 0.176. The van der Waals surface area contributed by atoms with E-state index in [4.69, 9.17) is 0 Å². The van der Waals surface area contributed by atoms with E-state index in [2.05, 4.69) is 15.3 Å². The van der Waals surface area contributed by atoms with Gasteiger partial charge in [0.25, 0.3) is 0 Å². The first-order valence-electron chi connectivity index (χ1n) is 8.02. The molecule has 0 saturated carbocycles. The van der Waals surface area contributed by atoms with Gasteiger partial charge in [-0.3, -0.25) is 10.1 Å². The highest BCUT2D eigenvalue weighted by molar-refractivity contribution is 7.89. The Labute approximate surface area is 158 Å². The third-order valence-electron chi connectivity index (χ3n) is 3.84. The summed E-state index contributed by atoms with van der Waals surface area (Å²) in [6.45, 7) is 1.21. The van der Waals surface area contributed by atoms with Gasteiger partial charge >= 0.3 is 6.18 Å². The molecule has 7 nitrogen and oxygen atoms in total. The number of nitrogens with zero attached hydrogens (tertiary/aromatic N) is 1. The normalized spacial score (nSPS) is 13.4. The van der Waals surface area contributed by atoms with Gasteiger partial charge in [0.2, 0.25) is 21.9 Å². The number of halogens is 3. The largest absolute Gasteiger partial charge is 0.417 e. The van der Waals surface area contributed by atoms with Gasteiger partial charge in [-0.25, -0.2) is 13.4 Å². The van der Waals surface area contributed by atoms with Crippen LogP contribution in [-0.4, -0.2) is 30.3 Å². The second kappa shape index (κ2) is 7.24. The molecule has 1 amide bonds. The predicted octanol–water partition coefficient (Wildman–Crippen LogP) is 2.89. The van der Waals surface area contributed by atoms with Crippen molar-refractivity contribution >= 4 is 32.9 Å². The van der Waals surface area contributed by atoms with Crippen LogP contribution >= 0.6 is 0 Å². The number of anilines is 1. The minimum atomic E-state index is -4.86. The summed E-state index contributed by atoms with van der Waals surface area (Å²) in [6, 6.07) is 9.36. The maximum Gasteiger partial charge on any atom is 0.417 e. The van der Waals surface area contributed by atoms with Crippen molar-refractivity contribution in [3.8, 4) is 0 Å². The number of para-hydroxylation sites is 2. The van der Waals surface area contributed by atoms with Crippen LogP contribution in [0.3, 0.4) is 0 Å². The SMILES string of the molecule is CC(NS(=O)(=O)c1ccccc1C(F)(F)F)C(=O)Nc1nc2ccccc2[nH]1. The van der Waals surface area contributed by atoms with Crippen molar-refractivity contribution in [1.82, 2.24) is 14.7 Å². The molecule has 0 fully saturated rings.